The summed E-state index contributed by atoms with van der Waals surface area (Å²) in [6.45, 7) is 2.16. The molecule has 1 saturated carbocycles. The van der Waals surface area contributed by atoms with E-state index in [-0.39, 0.29) is 18.3 Å². The second kappa shape index (κ2) is 9.24. The molecular weight excluding hydrogens is 329 g/mol. The SMILES string of the molecule is [B]C(CCC)c1ccc2c(c1)CCC(C1CCC(CCC(F)F)CC1)O2. The van der Waals surface area contributed by atoms with Gasteiger partial charge in [-0.2, -0.15) is 0 Å². The molecule has 1 aromatic carbocycles. The van der Waals surface area contributed by atoms with Gasteiger partial charge in [0.25, 0.3) is 0 Å². The second-order valence-corrected chi connectivity index (χ2v) is 8.21. The Kier molecular flexibility index (Phi) is 7.00. The quantitative estimate of drug-likeness (QED) is 0.523. The Morgan fingerprint density at radius 2 is 1.88 bits per heavy atom. The van der Waals surface area contributed by atoms with E-state index in [1.807, 2.05) is 0 Å². The number of alkyl halides is 2. The van der Waals surface area contributed by atoms with Crippen molar-refractivity contribution in [3.05, 3.63) is 29.3 Å². The highest BCUT2D eigenvalue weighted by atomic mass is 19.3. The minimum absolute atomic E-state index is 0.0607. The Labute approximate surface area is 158 Å². The van der Waals surface area contributed by atoms with Crippen LogP contribution in [0.1, 0.15) is 81.7 Å². The van der Waals surface area contributed by atoms with E-state index in [1.54, 1.807) is 0 Å². The molecule has 26 heavy (non-hydrogen) atoms. The first kappa shape index (κ1) is 19.7. The van der Waals surface area contributed by atoms with E-state index in [9.17, 15) is 8.78 Å². The van der Waals surface area contributed by atoms with Gasteiger partial charge in [0, 0.05) is 6.42 Å². The fraction of sp³-hybridized carbons (Fsp3) is 0.727. The zero-order valence-electron chi connectivity index (χ0n) is 15.9. The molecule has 1 aliphatic carbocycles. The third-order valence-electron chi connectivity index (χ3n) is 6.30. The van der Waals surface area contributed by atoms with E-state index in [2.05, 4.69) is 25.1 Å². The molecule has 1 nitrogen and oxygen atoms in total. The molecule has 1 aromatic rings. The average molecular weight is 360 g/mol. The van der Waals surface area contributed by atoms with Gasteiger partial charge in [0.2, 0.25) is 6.43 Å². The topological polar surface area (TPSA) is 9.23 Å². The summed E-state index contributed by atoms with van der Waals surface area (Å²) < 4.78 is 31.1. The van der Waals surface area contributed by atoms with Crippen molar-refractivity contribution in [2.45, 2.75) is 89.5 Å². The molecule has 0 saturated heterocycles. The highest BCUT2D eigenvalue weighted by Gasteiger charge is 2.31. The maximum absolute atomic E-state index is 12.4. The van der Waals surface area contributed by atoms with E-state index in [1.165, 1.54) is 11.1 Å². The van der Waals surface area contributed by atoms with Crippen LogP contribution in [-0.2, 0) is 6.42 Å². The predicted molar refractivity (Wildman–Crippen MR) is 103 cm³/mol. The molecule has 2 atom stereocenters. The van der Waals surface area contributed by atoms with Gasteiger partial charge in [-0.3, -0.25) is 0 Å². The normalized spacial score (nSPS) is 27.0. The number of benzene rings is 1. The number of aryl methyl sites for hydroxylation is 1. The summed E-state index contributed by atoms with van der Waals surface area (Å²) in [6.07, 6.45) is 7.49. The van der Waals surface area contributed by atoms with Crippen LogP contribution in [0.25, 0.3) is 0 Å². The van der Waals surface area contributed by atoms with Gasteiger partial charge in [0.15, 0.2) is 0 Å². The fourth-order valence-electron chi connectivity index (χ4n) is 4.68. The summed E-state index contributed by atoms with van der Waals surface area (Å²) in [5, 5.41) is 0. The van der Waals surface area contributed by atoms with Crippen LogP contribution in [0.2, 0.25) is 0 Å². The van der Waals surface area contributed by atoms with Crippen LogP contribution >= 0.6 is 0 Å². The molecule has 0 N–H and O–H groups in total. The third-order valence-corrected chi connectivity index (χ3v) is 6.30. The molecule has 1 fully saturated rings. The summed E-state index contributed by atoms with van der Waals surface area (Å²) in [4.78, 5) is 0. The summed E-state index contributed by atoms with van der Waals surface area (Å²) in [5.74, 6) is 2.20. The van der Waals surface area contributed by atoms with Crippen LogP contribution in [0.3, 0.4) is 0 Å². The molecule has 1 aliphatic heterocycles. The largest absolute Gasteiger partial charge is 0.490 e. The molecule has 2 unspecified atom stereocenters. The molecule has 0 amide bonds. The molecule has 0 aromatic heterocycles. The Bertz CT molecular complexity index is 569. The van der Waals surface area contributed by atoms with Crippen molar-refractivity contribution in [3.63, 3.8) is 0 Å². The maximum Gasteiger partial charge on any atom is 0.238 e. The van der Waals surface area contributed by atoms with Crippen molar-refractivity contribution >= 4 is 7.85 Å². The number of rotatable bonds is 7. The number of fused-ring (bicyclic) bond motifs is 1. The van der Waals surface area contributed by atoms with Crippen molar-refractivity contribution in [2.24, 2.45) is 11.8 Å². The lowest BCUT2D eigenvalue weighted by Gasteiger charge is -2.37. The summed E-state index contributed by atoms with van der Waals surface area (Å²) >= 11 is 0. The Hall–Kier alpha value is -1.06. The van der Waals surface area contributed by atoms with Crippen molar-refractivity contribution < 1.29 is 13.5 Å². The van der Waals surface area contributed by atoms with Gasteiger partial charge < -0.3 is 4.74 Å². The summed E-state index contributed by atoms with van der Waals surface area (Å²) in [5.41, 5.74) is 2.50. The second-order valence-electron chi connectivity index (χ2n) is 8.21. The standard InChI is InChI=1S/C22H31BF2O/c1-2-3-19(23)17-9-11-21-18(14-17)10-12-20(26-21)16-7-4-15(5-8-16)6-13-22(24)25/h9,11,14-16,19-20,22H,2-8,10,12-13H2,1H3. The lowest BCUT2D eigenvalue weighted by Crippen LogP contribution is -2.33. The molecule has 2 radical (unpaired) electrons. The van der Waals surface area contributed by atoms with Crippen LogP contribution in [0.5, 0.6) is 5.75 Å². The molecule has 0 bridgehead atoms. The molecule has 0 spiro atoms. The summed E-state index contributed by atoms with van der Waals surface area (Å²) in [7, 11) is 6.25. The highest BCUT2D eigenvalue weighted by Crippen LogP contribution is 2.39. The fourth-order valence-corrected chi connectivity index (χ4v) is 4.68. The lowest BCUT2D eigenvalue weighted by atomic mass is 9.75. The smallest absolute Gasteiger partial charge is 0.238 e. The van der Waals surface area contributed by atoms with Gasteiger partial charge >= 0.3 is 0 Å². The van der Waals surface area contributed by atoms with Crippen LogP contribution in [0.15, 0.2) is 18.2 Å². The first-order chi connectivity index (χ1) is 12.6. The van der Waals surface area contributed by atoms with Crippen molar-refractivity contribution in [1.82, 2.24) is 0 Å². The molecule has 1 heterocycles. The number of hydrogen-bond acceptors (Lipinski definition) is 1. The minimum atomic E-state index is -2.15. The van der Waals surface area contributed by atoms with Gasteiger partial charge in [-0.1, -0.05) is 56.1 Å². The number of halogens is 2. The first-order valence-corrected chi connectivity index (χ1v) is 10.4. The van der Waals surface area contributed by atoms with E-state index in [4.69, 9.17) is 12.6 Å². The highest BCUT2D eigenvalue weighted by molar-refractivity contribution is 6.12. The first-order valence-electron chi connectivity index (χ1n) is 10.4. The van der Waals surface area contributed by atoms with Crippen LogP contribution < -0.4 is 4.74 Å². The van der Waals surface area contributed by atoms with Crippen LogP contribution in [0, 0.1) is 11.8 Å². The van der Waals surface area contributed by atoms with Gasteiger partial charge in [-0.05, 0) is 55.6 Å². The predicted octanol–water partition coefficient (Wildman–Crippen LogP) is 6.24. The molecule has 142 valence electrons. The molecular formula is C22H31BF2O. The lowest BCUT2D eigenvalue weighted by molar-refractivity contribution is 0.0697. The number of ether oxygens (including phenoxy) is 1. The van der Waals surface area contributed by atoms with Crippen molar-refractivity contribution in [2.75, 3.05) is 0 Å². The van der Waals surface area contributed by atoms with E-state index >= 15 is 0 Å². The maximum atomic E-state index is 12.4. The molecule has 4 heteroatoms. The zero-order valence-corrected chi connectivity index (χ0v) is 15.9. The van der Waals surface area contributed by atoms with Crippen molar-refractivity contribution in [1.29, 1.82) is 0 Å². The number of hydrogen-bond donors (Lipinski definition) is 0. The Morgan fingerprint density at radius 3 is 2.58 bits per heavy atom. The van der Waals surface area contributed by atoms with Crippen LogP contribution in [-0.4, -0.2) is 20.4 Å². The molecule has 3 rings (SSSR count). The monoisotopic (exact) mass is 360 g/mol. The van der Waals surface area contributed by atoms with Gasteiger partial charge in [-0.25, -0.2) is 8.78 Å². The summed E-state index contributed by atoms with van der Waals surface area (Å²) in [6, 6.07) is 6.44. The molecule has 2 aliphatic rings. The van der Waals surface area contributed by atoms with Crippen molar-refractivity contribution in [3.8, 4) is 5.75 Å². The van der Waals surface area contributed by atoms with Gasteiger partial charge in [-0.15, -0.1) is 0 Å². The van der Waals surface area contributed by atoms with E-state index in [0.717, 1.165) is 57.1 Å². The third kappa shape index (κ3) is 5.01. The minimum Gasteiger partial charge on any atom is -0.490 e. The van der Waals surface area contributed by atoms with Crippen LogP contribution in [0.4, 0.5) is 8.78 Å². The van der Waals surface area contributed by atoms with E-state index in [0.29, 0.717) is 18.3 Å². The van der Waals surface area contributed by atoms with Gasteiger partial charge in [0.1, 0.15) is 11.9 Å². The Balaban J connectivity index is 1.53. The average Bonchev–Trinajstić information content (AvgIpc) is 2.66. The Morgan fingerprint density at radius 1 is 1.12 bits per heavy atom. The zero-order chi connectivity index (χ0) is 18.5. The van der Waals surface area contributed by atoms with E-state index < -0.39 is 6.43 Å². The van der Waals surface area contributed by atoms with Gasteiger partial charge in [0.05, 0.1) is 7.85 Å².